The Hall–Kier alpha value is -2.35. The van der Waals surface area contributed by atoms with E-state index >= 15 is 0 Å². The van der Waals surface area contributed by atoms with E-state index in [1.165, 1.54) is 28.4 Å². The van der Waals surface area contributed by atoms with Crippen LogP contribution in [0.25, 0.3) is 10.6 Å². The zero-order valence-electron chi connectivity index (χ0n) is 12.5. The number of rotatable bonds is 4. The number of halogens is 2. The minimum absolute atomic E-state index is 0.0402. The number of nitrogens with zero attached hydrogens (tertiary/aromatic N) is 2. The van der Waals surface area contributed by atoms with Crippen LogP contribution in [0.1, 0.15) is 12.1 Å². The molecular formula is C16H14F2N2O3S. The molecule has 126 valence electrons. The number of benzene rings is 1. The lowest BCUT2D eigenvalue weighted by Crippen LogP contribution is -2.39. The number of carboxylic acid groups (broad SMARTS) is 1. The van der Waals surface area contributed by atoms with Crippen molar-refractivity contribution in [2.75, 3.05) is 13.1 Å². The first-order valence-corrected chi connectivity index (χ1v) is 8.16. The van der Waals surface area contributed by atoms with Gasteiger partial charge in [0.05, 0.1) is 18.7 Å². The number of hydrogen-bond donors (Lipinski definition) is 1. The summed E-state index contributed by atoms with van der Waals surface area (Å²) in [6.45, 7) is -0.370. The van der Waals surface area contributed by atoms with Crippen molar-refractivity contribution in [2.24, 2.45) is 0 Å². The van der Waals surface area contributed by atoms with Gasteiger partial charge in [0.1, 0.15) is 10.8 Å². The maximum Gasteiger partial charge on any atom is 0.343 e. The van der Waals surface area contributed by atoms with Crippen molar-refractivity contribution in [2.45, 2.75) is 18.5 Å². The number of hydrogen-bond acceptors (Lipinski definition) is 4. The predicted octanol–water partition coefficient (Wildman–Crippen LogP) is 2.52. The highest BCUT2D eigenvalue weighted by atomic mass is 32.1. The van der Waals surface area contributed by atoms with Gasteiger partial charge in [-0.1, -0.05) is 12.1 Å². The number of aliphatic carboxylic acids is 1. The van der Waals surface area contributed by atoms with E-state index in [1.807, 2.05) is 0 Å². The summed E-state index contributed by atoms with van der Waals surface area (Å²) in [7, 11) is 0. The van der Waals surface area contributed by atoms with Crippen molar-refractivity contribution in [1.82, 2.24) is 9.88 Å². The van der Waals surface area contributed by atoms with Crippen molar-refractivity contribution >= 4 is 23.2 Å². The smallest absolute Gasteiger partial charge is 0.343 e. The molecule has 5 nitrogen and oxygen atoms in total. The Morgan fingerprint density at radius 3 is 2.88 bits per heavy atom. The molecule has 2 aromatic rings. The molecule has 0 radical (unpaired) electrons. The number of aromatic nitrogens is 1. The molecule has 0 aliphatic carbocycles. The number of thiazole rings is 1. The molecule has 1 aromatic carbocycles. The lowest BCUT2D eigenvalue weighted by Gasteiger charge is -2.17. The van der Waals surface area contributed by atoms with Crippen molar-refractivity contribution < 1.29 is 23.5 Å². The second-order valence-electron chi connectivity index (χ2n) is 5.67. The fourth-order valence-corrected chi connectivity index (χ4v) is 3.39. The van der Waals surface area contributed by atoms with Crippen LogP contribution in [0.4, 0.5) is 8.78 Å². The predicted molar refractivity (Wildman–Crippen MR) is 83.9 cm³/mol. The van der Waals surface area contributed by atoms with Crippen LogP contribution in [-0.4, -0.2) is 45.6 Å². The highest BCUT2D eigenvalue weighted by molar-refractivity contribution is 7.13. The maximum absolute atomic E-state index is 14.0. The first kappa shape index (κ1) is 16.5. The molecule has 0 saturated carbocycles. The molecule has 1 aliphatic heterocycles. The van der Waals surface area contributed by atoms with Crippen LogP contribution in [0, 0.1) is 5.82 Å². The second-order valence-corrected chi connectivity index (χ2v) is 6.52. The van der Waals surface area contributed by atoms with Crippen LogP contribution >= 0.6 is 11.3 Å². The van der Waals surface area contributed by atoms with Crippen molar-refractivity contribution in [3.05, 3.63) is 41.2 Å². The minimum Gasteiger partial charge on any atom is -0.479 e. The molecule has 2 heterocycles. The third kappa shape index (κ3) is 3.28. The van der Waals surface area contributed by atoms with Gasteiger partial charge in [-0.2, -0.15) is 0 Å². The van der Waals surface area contributed by atoms with Gasteiger partial charge in [0.2, 0.25) is 11.6 Å². The van der Waals surface area contributed by atoms with E-state index in [0.717, 1.165) is 0 Å². The van der Waals surface area contributed by atoms with E-state index in [1.54, 1.807) is 17.5 Å². The summed E-state index contributed by atoms with van der Waals surface area (Å²) < 4.78 is 27.2. The molecule has 0 spiro atoms. The second kappa shape index (κ2) is 6.27. The summed E-state index contributed by atoms with van der Waals surface area (Å²) in [4.78, 5) is 28.6. The number of likely N-dealkylation sites (tertiary alicyclic amines) is 1. The number of carbonyl (C=O) groups excluding carboxylic acids is 1. The van der Waals surface area contributed by atoms with Gasteiger partial charge in [0.15, 0.2) is 0 Å². The summed E-state index contributed by atoms with van der Waals surface area (Å²) in [5.74, 6) is -2.28. The fourth-order valence-electron chi connectivity index (χ4n) is 2.57. The summed E-state index contributed by atoms with van der Waals surface area (Å²) >= 11 is 1.28. The lowest BCUT2D eigenvalue weighted by molar-refractivity contribution is -0.150. The summed E-state index contributed by atoms with van der Waals surface area (Å²) in [5, 5.41) is 11.1. The SMILES string of the molecule is O=C(Cc1csc(-c2cccc(F)c2)n1)N1CCC(F)(C(=O)O)C1. The zero-order valence-corrected chi connectivity index (χ0v) is 13.4. The van der Waals surface area contributed by atoms with Crippen LogP contribution in [-0.2, 0) is 16.0 Å². The van der Waals surface area contributed by atoms with Crippen LogP contribution in [0.5, 0.6) is 0 Å². The van der Waals surface area contributed by atoms with Gasteiger partial charge in [-0.25, -0.2) is 18.6 Å². The van der Waals surface area contributed by atoms with Gasteiger partial charge in [-0.3, -0.25) is 4.79 Å². The Labute approximate surface area is 140 Å². The highest BCUT2D eigenvalue weighted by Gasteiger charge is 2.46. The molecule has 1 aliphatic rings. The largest absolute Gasteiger partial charge is 0.479 e. The van der Waals surface area contributed by atoms with E-state index < -0.39 is 18.2 Å². The summed E-state index contributed by atoms with van der Waals surface area (Å²) in [6.07, 6.45) is -0.249. The van der Waals surface area contributed by atoms with Crippen molar-refractivity contribution in [1.29, 1.82) is 0 Å². The number of carbonyl (C=O) groups is 2. The standard InChI is InChI=1S/C16H14F2N2O3S/c17-11-3-1-2-10(6-11)14-19-12(8-24-14)7-13(21)20-5-4-16(18,9-20)15(22)23/h1-3,6,8H,4-5,7,9H2,(H,22,23). The average Bonchev–Trinajstić information content (AvgIpc) is 3.15. The van der Waals surface area contributed by atoms with Gasteiger partial charge in [-0.05, 0) is 12.1 Å². The molecule has 3 rings (SSSR count). The number of alkyl halides is 1. The molecule has 1 aromatic heterocycles. The summed E-state index contributed by atoms with van der Waals surface area (Å²) in [6, 6.07) is 5.99. The van der Waals surface area contributed by atoms with Gasteiger partial charge < -0.3 is 10.0 Å². The van der Waals surface area contributed by atoms with Gasteiger partial charge >= 0.3 is 5.97 Å². The van der Waals surface area contributed by atoms with E-state index in [4.69, 9.17) is 5.11 Å². The van der Waals surface area contributed by atoms with Crippen LogP contribution in [0.15, 0.2) is 29.6 Å². The first-order chi connectivity index (χ1) is 11.4. The molecule has 1 unspecified atom stereocenters. The molecule has 0 bridgehead atoms. The fraction of sp³-hybridized carbons (Fsp3) is 0.312. The molecule has 8 heteroatoms. The zero-order chi connectivity index (χ0) is 17.3. The third-order valence-corrected chi connectivity index (χ3v) is 4.85. The van der Waals surface area contributed by atoms with Crippen LogP contribution < -0.4 is 0 Å². The van der Waals surface area contributed by atoms with Crippen molar-refractivity contribution in [3.8, 4) is 10.6 Å². The molecule has 1 N–H and O–H groups in total. The Morgan fingerprint density at radius 1 is 1.42 bits per heavy atom. The topological polar surface area (TPSA) is 70.5 Å². The van der Waals surface area contributed by atoms with Crippen LogP contribution in [0.3, 0.4) is 0 Å². The highest BCUT2D eigenvalue weighted by Crippen LogP contribution is 2.28. The molecule has 1 saturated heterocycles. The van der Waals surface area contributed by atoms with Crippen LogP contribution in [0.2, 0.25) is 0 Å². The Bertz CT molecular complexity index is 795. The summed E-state index contributed by atoms with van der Waals surface area (Å²) in [5.41, 5.74) is -1.26. The van der Waals surface area contributed by atoms with E-state index in [2.05, 4.69) is 4.98 Å². The Kier molecular flexibility index (Phi) is 4.31. The molecular weight excluding hydrogens is 338 g/mol. The lowest BCUT2D eigenvalue weighted by atomic mass is 10.1. The average molecular weight is 352 g/mol. The normalized spacial score (nSPS) is 20.3. The number of carboxylic acids is 1. The van der Waals surface area contributed by atoms with Crippen molar-refractivity contribution in [3.63, 3.8) is 0 Å². The molecule has 24 heavy (non-hydrogen) atoms. The number of amides is 1. The van der Waals surface area contributed by atoms with E-state index in [-0.39, 0.29) is 31.1 Å². The van der Waals surface area contributed by atoms with Gasteiger partial charge in [-0.15, -0.1) is 11.3 Å². The molecule has 1 atom stereocenters. The molecule has 1 fully saturated rings. The monoisotopic (exact) mass is 352 g/mol. The third-order valence-electron chi connectivity index (χ3n) is 3.91. The van der Waals surface area contributed by atoms with E-state index in [0.29, 0.717) is 16.3 Å². The van der Waals surface area contributed by atoms with E-state index in [9.17, 15) is 18.4 Å². The molecule has 1 amide bonds. The maximum atomic E-state index is 14.0. The first-order valence-electron chi connectivity index (χ1n) is 7.28. The quantitative estimate of drug-likeness (QED) is 0.918. The Balaban J connectivity index is 1.67. The Morgan fingerprint density at radius 2 is 2.21 bits per heavy atom. The van der Waals surface area contributed by atoms with Gasteiger partial charge in [0.25, 0.3) is 0 Å². The minimum atomic E-state index is -2.37. The van der Waals surface area contributed by atoms with Gasteiger partial charge in [0, 0.05) is 23.9 Å².